The fourth-order valence-electron chi connectivity index (χ4n) is 2.48. The van der Waals surface area contributed by atoms with Gasteiger partial charge in [0.05, 0.1) is 0 Å². The zero-order chi connectivity index (χ0) is 20.9. The number of aryl methyl sites for hydroxylation is 3. The number of carbonyl (C=O) groups excluding carboxylic acids is 4. The van der Waals surface area contributed by atoms with Gasteiger partial charge in [0.25, 0.3) is 0 Å². The number of fused-ring (bicyclic) bond motifs is 2. The average Bonchev–Trinajstić information content (AvgIpc) is 3.29. The Labute approximate surface area is 225 Å². The van der Waals surface area contributed by atoms with Crippen molar-refractivity contribution in [3.63, 3.8) is 0 Å². The van der Waals surface area contributed by atoms with E-state index in [-0.39, 0.29) is 69.2 Å². The molecule has 0 aliphatic rings. The molecule has 0 saturated carbocycles. The van der Waals surface area contributed by atoms with E-state index in [2.05, 4.69) is 74.7 Å². The van der Waals surface area contributed by atoms with E-state index < -0.39 is 0 Å². The van der Waals surface area contributed by atoms with Gasteiger partial charge in [0.15, 0.2) is 0 Å². The molecule has 0 radical (unpaired) electrons. The SMILES string of the molecule is CCc1cc2cc(C)ccc2s1.Cc1ccc2sccc2c1.O=C=O.O=C=O.[K+].[OH-]. The maximum atomic E-state index is 8.12. The van der Waals surface area contributed by atoms with Crippen LogP contribution in [0.5, 0.6) is 0 Å². The minimum atomic E-state index is 0. The summed E-state index contributed by atoms with van der Waals surface area (Å²) in [7, 11) is 0. The van der Waals surface area contributed by atoms with Crippen molar-refractivity contribution in [1.29, 1.82) is 0 Å². The molecule has 0 fully saturated rings. The summed E-state index contributed by atoms with van der Waals surface area (Å²) in [4.78, 5) is 34.0. The van der Waals surface area contributed by atoms with Gasteiger partial charge in [-0.25, -0.2) is 0 Å². The Morgan fingerprint density at radius 2 is 1.27 bits per heavy atom. The first kappa shape index (κ1) is 30.9. The van der Waals surface area contributed by atoms with Crippen molar-refractivity contribution in [1.82, 2.24) is 0 Å². The van der Waals surface area contributed by atoms with Gasteiger partial charge in [-0.15, -0.1) is 22.7 Å². The molecular formula is C22H21KO5S2. The van der Waals surface area contributed by atoms with Gasteiger partial charge in [0, 0.05) is 14.3 Å². The molecule has 30 heavy (non-hydrogen) atoms. The molecule has 4 aromatic rings. The Bertz CT molecular complexity index is 1080. The second-order valence-electron chi connectivity index (χ2n) is 5.74. The van der Waals surface area contributed by atoms with Gasteiger partial charge in [0.2, 0.25) is 0 Å². The molecular weight excluding hydrogens is 447 g/mol. The number of rotatable bonds is 1. The smallest absolute Gasteiger partial charge is 0.870 e. The van der Waals surface area contributed by atoms with Crippen LogP contribution >= 0.6 is 22.7 Å². The Morgan fingerprint density at radius 1 is 0.767 bits per heavy atom. The van der Waals surface area contributed by atoms with Crippen LogP contribution in [-0.4, -0.2) is 17.8 Å². The monoisotopic (exact) mass is 468 g/mol. The molecule has 0 spiro atoms. The Balaban J connectivity index is 0. The average molecular weight is 469 g/mol. The first-order valence-electron chi connectivity index (χ1n) is 8.40. The van der Waals surface area contributed by atoms with Crippen molar-refractivity contribution in [3.8, 4) is 0 Å². The van der Waals surface area contributed by atoms with E-state index in [0.717, 1.165) is 6.42 Å². The van der Waals surface area contributed by atoms with Crippen LogP contribution in [0.1, 0.15) is 22.9 Å². The minimum Gasteiger partial charge on any atom is -0.870 e. The molecule has 1 N–H and O–H groups in total. The standard InChI is InChI=1S/C11H12S.C9H8S.2CO2.K.H2O/c1-3-10-7-9-6-8(2)4-5-11(9)12-10;1-7-2-3-9-8(6-7)4-5-10-9;2*2-1-3;;/h4-7H,3H2,1-2H3;2-6H,1H3;;;;1H2/q;;;;+1;/p-1. The van der Waals surface area contributed by atoms with Crippen LogP contribution in [0.4, 0.5) is 0 Å². The third kappa shape index (κ3) is 10.7. The Kier molecular flexibility index (Phi) is 17.9. The third-order valence-electron chi connectivity index (χ3n) is 3.68. The summed E-state index contributed by atoms with van der Waals surface area (Å²) in [5.41, 5.74) is 2.69. The summed E-state index contributed by atoms with van der Waals surface area (Å²) in [5.74, 6) is 0. The summed E-state index contributed by atoms with van der Waals surface area (Å²) in [6, 6.07) is 17.7. The largest absolute Gasteiger partial charge is 1.00 e. The fraction of sp³-hybridized carbons (Fsp3) is 0.182. The predicted octanol–water partition coefficient (Wildman–Crippen LogP) is 2.64. The molecule has 4 rings (SSSR count). The van der Waals surface area contributed by atoms with Crippen molar-refractivity contribution in [2.24, 2.45) is 0 Å². The van der Waals surface area contributed by atoms with Gasteiger partial charge >= 0.3 is 63.7 Å². The molecule has 0 unspecified atom stereocenters. The van der Waals surface area contributed by atoms with Gasteiger partial charge in [-0.05, 0) is 60.7 Å². The minimum absolute atomic E-state index is 0. The summed E-state index contributed by atoms with van der Waals surface area (Å²) >= 11 is 3.70. The number of hydrogen-bond donors (Lipinski definition) is 0. The molecule has 0 amide bonds. The maximum Gasteiger partial charge on any atom is 1.00 e. The van der Waals surface area contributed by atoms with E-state index in [0.29, 0.717) is 0 Å². The second kappa shape index (κ2) is 17.4. The second-order valence-corrected chi connectivity index (χ2v) is 7.85. The van der Waals surface area contributed by atoms with Gasteiger partial charge < -0.3 is 5.48 Å². The molecule has 0 atom stereocenters. The van der Waals surface area contributed by atoms with Gasteiger partial charge in [-0.1, -0.05) is 42.3 Å². The van der Waals surface area contributed by atoms with Crippen molar-refractivity contribution in [3.05, 3.63) is 69.9 Å². The predicted molar refractivity (Wildman–Crippen MR) is 114 cm³/mol. The van der Waals surface area contributed by atoms with Crippen LogP contribution in [0.25, 0.3) is 20.2 Å². The quantitative estimate of drug-likeness (QED) is 0.400. The van der Waals surface area contributed by atoms with Crippen LogP contribution in [0.15, 0.2) is 53.9 Å². The molecule has 2 heterocycles. The zero-order valence-corrected chi connectivity index (χ0v) is 22.1. The van der Waals surface area contributed by atoms with E-state index in [9.17, 15) is 0 Å². The molecule has 0 aliphatic carbocycles. The summed E-state index contributed by atoms with van der Waals surface area (Å²) in [6.45, 7) is 6.47. The van der Waals surface area contributed by atoms with E-state index in [1.54, 1.807) is 11.3 Å². The van der Waals surface area contributed by atoms with E-state index >= 15 is 0 Å². The summed E-state index contributed by atoms with van der Waals surface area (Å²) < 4.78 is 2.79. The van der Waals surface area contributed by atoms with Crippen LogP contribution < -0.4 is 51.4 Å². The number of thiophene rings is 2. The summed E-state index contributed by atoms with van der Waals surface area (Å²) in [6.07, 6.45) is 1.65. The van der Waals surface area contributed by atoms with Crippen molar-refractivity contribution < 1.29 is 76.0 Å². The van der Waals surface area contributed by atoms with Gasteiger partial charge in [-0.3, -0.25) is 0 Å². The molecule has 0 bridgehead atoms. The first-order valence-corrected chi connectivity index (χ1v) is 10.1. The first-order chi connectivity index (χ1) is 13.5. The number of benzene rings is 2. The van der Waals surface area contributed by atoms with Crippen molar-refractivity contribution >= 4 is 55.1 Å². The molecule has 5 nitrogen and oxygen atoms in total. The van der Waals surface area contributed by atoms with Crippen molar-refractivity contribution in [2.45, 2.75) is 27.2 Å². The normalized spacial score (nSPS) is 8.37. The summed E-state index contributed by atoms with van der Waals surface area (Å²) in [5, 5.41) is 4.89. The Morgan fingerprint density at radius 3 is 1.80 bits per heavy atom. The molecule has 2 aromatic carbocycles. The van der Waals surface area contributed by atoms with Crippen LogP contribution in [-0.2, 0) is 25.6 Å². The van der Waals surface area contributed by atoms with Gasteiger partial charge in [-0.2, -0.15) is 19.2 Å². The van der Waals surface area contributed by atoms with E-state index in [1.807, 2.05) is 11.3 Å². The zero-order valence-electron chi connectivity index (χ0n) is 17.3. The van der Waals surface area contributed by atoms with Crippen LogP contribution in [0.2, 0.25) is 0 Å². The molecule has 8 heteroatoms. The molecule has 0 saturated heterocycles. The van der Waals surface area contributed by atoms with Crippen LogP contribution in [0.3, 0.4) is 0 Å². The van der Waals surface area contributed by atoms with E-state index in [4.69, 9.17) is 19.2 Å². The molecule has 0 aliphatic heterocycles. The third-order valence-corrected chi connectivity index (χ3v) is 5.84. The molecule has 2 aromatic heterocycles. The van der Waals surface area contributed by atoms with Crippen LogP contribution in [0, 0.1) is 13.8 Å². The topological polar surface area (TPSA) is 98.3 Å². The van der Waals surface area contributed by atoms with Gasteiger partial charge in [0.1, 0.15) is 0 Å². The Hall–Kier alpha value is -1.28. The van der Waals surface area contributed by atoms with Crippen molar-refractivity contribution in [2.75, 3.05) is 0 Å². The maximum absolute atomic E-state index is 8.12. The van der Waals surface area contributed by atoms with E-state index in [1.165, 1.54) is 36.2 Å². The molecule has 152 valence electrons. The fourth-order valence-corrected chi connectivity index (χ4v) is 4.23. The number of hydrogen-bond acceptors (Lipinski definition) is 7.